The highest BCUT2D eigenvalue weighted by Gasteiger charge is 2.08. The van der Waals surface area contributed by atoms with Crippen molar-refractivity contribution >= 4 is 34.8 Å². The standard InChI is InChI=1S/C16H13N7OS/c17-15(24)10-3-1-4-11(7-10)25-14-8-13(21-22-14)20-16-12-5-2-6-23(12)19-9-18-16/h1-9H,(H2,17,24)(H2,18,19,20,21,22). The van der Waals surface area contributed by atoms with Crippen molar-refractivity contribution in [1.29, 1.82) is 0 Å². The molecule has 3 heterocycles. The average Bonchev–Trinajstić information content (AvgIpc) is 3.25. The van der Waals surface area contributed by atoms with E-state index < -0.39 is 5.91 Å². The fourth-order valence-corrected chi connectivity index (χ4v) is 3.19. The van der Waals surface area contributed by atoms with E-state index in [1.54, 1.807) is 22.7 Å². The maximum Gasteiger partial charge on any atom is 0.248 e. The van der Waals surface area contributed by atoms with Crippen molar-refractivity contribution in [1.82, 2.24) is 24.8 Å². The Kier molecular flexibility index (Phi) is 3.82. The molecule has 1 amide bonds. The number of rotatable bonds is 5. The molecule has 124 valence electrons. The fourth-order valence-electron chi connectivity index (χ4n) is 2.34. The number of primary amides is 1. The van der Waals surface area contributed by atoms with E-state index in [0.717, 1.165) is 15.4 Å². The second-order valence-corrected chi connectivity index (χ2v) is 6.28. The van der Waals surface area contributed by atoms with Gasteiger partial charge in [0.25, 0.3) is 0 Å². The fraction of sp³-hybridized carbons (Fsp3) is 0. The Bertz CT molecular complexity index is 1060. The van der Waals surface area contributed by atoms with Crippen LogP contribution in [0, 0.1) is 0 Å². The van der Waals surface area contributed by atoms with Gasteiger partial charge in [0.15, 0.2) is 5.82 Å². The molecule has 0 saturated carbocycles. The minimum absolute atomic E-state index is 0.452. The molecule has 9 heteroatoms. The zero-order valence-electron chi connectivity index (χ0n) is 12.9. The highest BCUT2D eigenvalue weighted by Crippen LogP contribution is 2.29. The molecule has 0 atom stereocenters. The Morgan fingerprint density at radius 2 is 2.16 bits per heavy atom. The minimum Gasteiger partial charge on any atom is -0.366 e. The van der Waals surface area contributed by atoms with Crippen LogP contribution in [-0.2, 0) is 0 Å². The predicted molar refractivity (Wildman–Crippen MR) is 93.9 cm³/mol. The van der Waals surface area contributed by atoms with Crippen LogP contribution in [0.2, 0.25) is 0 Å². The molecule has 1 aromatic carbocycles. The highest BCUT2D eigenvalue weighted by molar-refractivity contribution is 7.99. The number of carbonyl (C=O) groups is 1. The van der Waals surface area contributed by atoms with E-state index in [-0.39, 0.29) is 0 Å². The van der Waals surface area contributed by atoms with Crippen LogP contribution in [0.3, 0.4) is 0 Å². The SMILES string of the molecule is NC(=O)c1cccc(Sc2cc(Nc3ncnn4cccc34)[nH]n2)c1. The number of H-pyrrole nitrogens is 1. The lowest BCUT2D eigenvalue weighted by Gasteiger charge is -2.03. The highest BCUT2D eigenvalue weighted by atomic mass is 32.2. The van der Waals surface area contributed by atoms with Crippen molar-refractivity contribution in [2.24, 2.45) is 5.73 Å². The van der Waals surface area contributed by atoms with Gasteiger partial charge >= 0.3 is 0 Å². The first-order chi connectivity index (χ1) is 12.2. The van der Waals surface area contributed by atoms with Gasteiger partial charge in [-0.05, 0) is 30.3 Å². The molecule has 3 aromatic heterocycles. The van der Waals surface area contributed by atoms with E-state index in [9.17, 15) is 4.79 Å². The molecule has 0 bridgehead atoms. The lowest BCUT2D eigenvalue weighted by atomic mass is 10.2. The molecule has 8 nitrogen and oxygen atoms in total. The topological polar surface area (TPSA) is 114 Å². The molecule has 0 spiro atoms. The van der Waals surface area contributed by atoms with E-state index >= 15 is 0 Å². The predicted octanol–water partition coefficient (Wildman–Crippen LogP) is 2.45. The Balaban J connectivity index is 1.53. The summed E-state index contributed by atoms with van der Waals surface area (Å²) in [6.07, 6.45) is 3.33. The van der Waals surface area contributed by atoms with Gasteiger partial charge in [-0.25, -0.2) is 9.50 Å². The maximum absolute atomic E-state index is 11.3. The number of aromatic amines is 1. The maximum atomic E-state index is 11.3. The number of nitrogens with one attached hydrogen (secondary N) is 2. The van der Waals surface area contributed by atoms with Gasteiger partial charge in [0.05, 0.1) is 0 Å². The molecule has 0 aliphatic carbocycles. The van der Waals surface area contributed by atoms with Gasteiger partial charge in [0.1, 0.15) is 22.7 Å². The zero-order chi connectivity index (χ0) is 17.2. The number of hydrogen-bond donors (Lipinski definition) is 3. The Morgan fingerprint density at radius 1 is 1.24 bits per heavy atom. The number of nitrogens with two attached hydrogens (primary N) is 1. The quantitative estimate of drug-likeness (QED) is 0.509. The van der Waals surface area contributed by atoms with Crippen molar-refractivity contribution in [2.75, 3.05) is 5.32 Å². The van der Waals surface area contributed by atoms with Gasteiger partial charge in [0.2, 0.25) is 5.91 Å². The summed E-state index contributed by atoms with van der Waals surface area (Å²) in [6, 6.07) is 12.8. The second kappa shape index (κ2) is 6.29. The number of amides is 1. The van der Waals surface area contributed by atoms with Crippen molar-refractivity contribution in [3.05, 3.63) is 60.6 Å². The average molecular weight is 351 g/mol. The number of nitrogens with zero attached hydrogens (tertiary/aromatic N) is 4. The summed E-state index contributed by atoms with van der Waals surface area (Å²) in [6.45, 7) is 0. The summed E-state index contributed by atoms with van der Waals surface area (Å²) in [4.78, 5) is 16.4. The largest absolute Gasteiger partial charge is 0.366 e. The molecule has 0 saturated heterocycles. The molecule has 0 aliphatic heterocycles. The van der Waals surface area contributed by atoms with Crippen molar-refractivity contribution < 1.29 is 4.79 Å². The molecule has 4 rings (SSSR count). The van der Waals surface area contributed by atoms with E-state index in [2.05, 4.69) is 25.6 Å². The lowest BCUT2D eigenvalue weighted by molar-refractivity contribution is 0.1000. The van der Waals surface area contributed by atoms with Crippen molar-refractivity contribution in [3.63, 3.8) is 0 Å². The van der Waals surface area contributed by atoms with E-state index in [1.807, 2.05) is 30.5 Å². The monoisotopic (exact) mass is 351 g/mol. The number of anilines is 2. The number of aromatic nitrogens is 5. The summed E-state index contributed by atoms with van der Waals surface area (Å²) in [5.41, 5.74) is 6.64. The summed E-state index contributed by atoms with van der Waals surface area (Å²) >= 11 is 1.43. The molecule has 0 unspecified atom stereocenters. The molecule has 0 radical (unpaired) electrons. The molecular formula is C16H13N7OS. The van der Waals surface area contributed by atoms with Gasteiger partial charge in [-0.3, -0.25) is 9.89 Å². The third-order valence-corrected chi connectivity index (χ3v) is 4.39. The third-order valence-electron chi connectivity index (χ3n) is 3.48. The molecule has 0 aliphatic rings. The van der Waals surface area contributed by atoms with Crippen LogP contribution in [-0.4, -0.2) is 30.7 Å². The first kappa shape index (κ1) is 15.2. The Morgan fingerprint density at radius 3 is 3.04 bits per heavy atom. The van der Waals surface area contributed by atoms with Crippen LogP contribution in [0.25, 0.3) is 5.52 Å². The summed E-state index contributed by atoms with van der Waals surface area (Å²) in [7, 11) is 0. The van der Waals surface area contributed by atoms with E-state index in [1.165, 1.54) is 18.1 Å². The molecule has 0 fully saturated rings. The lowest BCUT2D eigenvalue weighted by Crippen LogP contribution is -2.10. The summed E-state index contributed by atoms with van der Waals surface area (Å²) in [5, 5.41) is 15.3. The van der Waals surface area contributed by atoms with Crippen molar-refractivity contribution in [3.8, 4) is 0 Å². The normalized spacial score (nSPS) is 10.9. The molecule has 4 N–H and O–H groups in total. The van der Waals surface area contributed by atoms with E-state index in [0.29, 0.717) is 17.2 Å². The molecule has 4 aromatic rings. The summed E-state index contributed by atoms with van der Waals surface area (Å²) in [5.74, 6) is 0.929. The molecule has 25 heavy (non-hydrogen) atoms. The first-order valence-corrected chi connectivity index (χ1v) is 8.19. The van der Waals surface area contributed by atoms with Gasteiger partial charge in [-0.1, -0.05) is 17.8 Å². The van der Waals surface area contributed by atoms with Gasteiger partial charge in [0, 0.05) is 22.7 Å². The zero-order valence-corrected chi connectivity index (χ0v) is 13.7. The number of benzene rings is 1. The van der Waals surface area contributed by atoms with Crippen LogP contribution in [0.1, 0.15) is 10.4 Å². The van der Waals surface area contributed by atoms with Crippen LogP contribution < -0.4 is 11.1 Å². The van der Waals surface area contributed by atoms with Crippen molar-refractivity contribution in [2.45, 2.75) is 9.92 Å². The van der Waals surface area contributed by atoms with Crippen LogP contribution in [0.4, 0.5) is 11.6 Å². The molecular weight excluding hydrogens is 338 g/mol. The van der Waals surface area contributed by atoms with Gasteiger partial charge < -0.3 is 11.1 Å². The Labute approximate surface area is 146 Å². The number of hydrogen-bond acceptors (Lipinski definition) is 6. The second-order valence-electron chi connectivity index (χ2n) is 5.19. The Hall–Kier alpha value is -3.33. The first-order valence-electron chi connectivity index (χ1n) is 7.37. The van der Waals surface area contributed by atoms with Gasteiger partial charge in [-0.15, -0.1) is 0 Å². The number of fused-ring (bicyclic) bond motifs is 1. The summed E-state index contributed by atoms with van der Waals surface area (Å²) < 4.78 is 1.73. The van der Waals surface area contributed by atoms with Crippen LogP contribution in [0.15, 0.2) is 64.9 Å². The third kappa shape index (κ3) is 3.17. The van der Waals surface area contributed by atoms with Crippen LogP contribution in [0.5, 0.6) is 0 Å². The van der Waals surface area contributed by atoms with Crippen LogP contribution >= 0.6 is 11.8 Å². The van der Waals surface area contributed by atoms with Gasteiger partial charge in [-0.2, -0.15) is 10.2 Å². The van der Waals surface area contributed by atoms with E-state index in [4.69, 9.17) is 5.73 Å². The smallest absolute Gasteiger partial charge is 0.248 e. The minimum atomic E-state index is -0.452. The number of carbonyl (C=O) groups excluding carboxylic acids is 1.